The third-order valence-electron chi connectivity index (χ3n) is 0.949. The lowest BCUT2D eigenvalue weighted by Crippen LogP contribution is -2.03. The lowest BCUT2D eigenvalue weighted by Gasteiger charge is -1.96. The van der Waals surface area contributed by atoms with Gasteiger partial charge in [-0.15, -0.1) is 5.73 Å². The Labute approximate surface area is 65.4 Å². The summed E-state index contributed by atoms with van der Waals surface area (Å²) in [5.41, 5.74) is 2.77. The molecule has 60 valence electrons. The smallest absolute Gasteiger partial charge is 0.341 e. The van der Waals surface area contributed by atoms with Crippen molar-refractivity contribution in [1.82, 2.24) is 0 Å². The average Bonchev–Trinajstić information content (AvgIpc) is 2.00. The third-order valence-corrected chi connectivity index (χ3v) is 0.949. The van der Waals surface area contributed by atoms with Gasteiger partial charge in [-0.3, -0.25) is 4.79 Å². The van der Waals surface area contributed by atoms with Gasteiger partial charge in [0.1, 0.15) is 0 Å². The van der Waals surface area contributed by atoms with Crippen molar-refractivity contribution in [1.29, 1.82) is 0 Å². The van der Waals surface area contributed by atoms with Gasteiger partial charge in [-0.25, -0.2) is 4.79 Å². The quantitative estimate of drug-likeness (QED) is 0.262. The number of rotatable bonds is 3. The molecule has 0 bridgehead atoms. The molecule has 0 saturated heterocycles. The molecular weight excluding hydrogens is 144 g/mol. The zero-order valence-corrected chi connectivity index (χ0v) is 6.59. The number of carbonyl (C=O) groups excluding carboxylic acids is 2. The number of ether oxygens (including phenoxy) is 1. The van der Waals surface area contributed by atoms with E-state index in [-0.39, 0.29) is 0 Å². The lowest BCUT2D eigenvalue weighted by atomic mass is 10.3. The van der Waals surface area contributed by atoms with E-state index in [1.807, 2.05) is 0 Å². The third kappa shape index (κ3) is 4.12. The molecule has 0 atom stereocenters. The first-order chi connectivity index (χ1) is 5.22. The zero-order valence-electron chi connectivity index (χ0n) is 6.59. The van der Waals surface area contributed by atoms with Crippen LogP contribution in [0, 0.1) is 0 Å². The van der Waals surface area contributed by atoms with E-state index < -0.39 is 5.97 Å². The first-order valence-corrected chi connectivity index (χ1v) is 3.26. The molecule has 0 rings (SSSR count). The summed E-state index contributed by atoms with van der Waals surface area (Å²) in [5.74, 6) is -0.439. The summed E-state index contributed by atoms with van der Waals surface area (Å²) in [6, 6.07) is 0. The predicted octanol–water partition coefficient (Wildman–Crippen LogP) is 0.850. The number of aldehydes is 1. The first kappa shape index (κ1) is 9.66. The van der Waals surface area contributed by atoms with Gasteiger partial charge in [0.05, 0.1) is 12.2 Å². The molecule has 0 unspecified atom stereocenters. The van der Waals surface area contributed by atoms with Crippen molar-refractivity contribution < 1.29 is 14.3 Å². The Hall–Kier alpha value is -1.34. The topological polar surface area (TPSA) is 43.4 Å². The van der Waals surface area contributed by atoms with Gasteiger partial charge in [-0.1, -0.05) is 0 Å². The Morgan fingerprint density at radius 3 is 2.73 bits per heavy atom. The van der Waals surface area contributed by atoms with Crippen molar-refractivity contribution in [2.75, 3.05) is 6.61 Å². The minimum atomic E-state index is -0.439. The summed E-state index contributed by atoms with van der Waals surface area (Å²) in [7, 11) is 0. The molecule has 0 aromatic carbocycles. The molecule has 0 radical (unpaired) electrons. The van der Waals surface area contributed by atoms with E-state index in [0.29, 0.717) is 18.5 Å². The van der Waals surface area contributed by atoms with Crippen LogP contribution in [0.5, 0.6) is 0 Å². The minimum Gasteiger partial charge on any atom is -0.462 e. The molecule has 0 aliphatic carbocycles. The molecule has 0 aliphatic heterocycles. The number of hydrogen-bond donors (Lipinski definition) is 0. The first-order valence-electron chi connectivity index (χ1n) is 3.26. The Morgan fingerprint density at radius 1 is 1.64 bits per heavy atom. The molecule has 3 heteroatoms. The van der Waals surface area contributed by atoms with Gasteiger partial charge in [-0.05, 0) is 13.8 Å². The molecule has 0 fully saturated rings. The summed E-state index contributed by atoms with van der Waals surface area (Å²) >= 11 is 0. The molecular formula is C8H10O3. The van der Waals surface area contributed by atoms with Crippen molar-refractivity contribution in [3.63, 3.8) is 0 Å². The van der Waals surface area contributed by atoms with Crippen LogP contribution in [-0.4, -0.2) is 18.9 Å². The normalized spacial score (nSPS) is 7.82. The molecule has 0 heterocycles. The molecule has 0 amide bonds. The van der Waals surface area contributed by atoms with E-state index in [0.717, 1.165) is 6.08 Å². The highest BCUT2D eigenvalue weighted by Gasteiger charge is 2.01. The molecule has 11 heavy (non-hydrogen) atoms. The van der Waals surface area contributed by atoms with E-state index in [4.69, 9.17) is 0 Å². The highest BCUT2D eigenvalue weighted by molar-refractivity contribution is 5.88. The van der Waals surface area contributed by atoms with Crippen molar-refractivity contribution in [3.8, 4) is 0 Å². The minimum absolute atomic E-state index is 0.305. The summed E-state index contributed by atoms with van der Waals surface area (Å²) in [6.45, 7) is 3.59. The van der Waals surface area contributed by atoms with Crippen molar-refractivity contribution in [2.45, 2.75) is 13.8 Å². The van der Waals surface area contributed by atoms with E-state index >= 15 is 0 Å². The maximum Gasteiger partial charge on any atom is 0.341 e. The van der Waals surface area contributed by atoms with Crippen LogP contribution < -0.4 is 0 Å². The molecule has 0 aromatic heterocycles. The molecule has 3 nitrogen and oxygen atoms in total. The van der Waals surface area contributed by atoms with Gasteiger partial charge in [-0.2, -0.15) is 0 Å². The largest absolute Gasteiger partial charge is 0.462 e. The van der Waals surface area contributed by atoms with Crippen molar-refractivity contribution in [2.24, 2.45) is 0 Å². The van der Waals surface area contributed by atoms with Crippen LogP contribution in [0.3, 0.4) is 0 Å². The van der Waals surface area contributed by atoms with E-state index in [1.165, 1.54) is 6.92 Å². The van der Waals surface area contributed by atoms with Crippen LogP contribution >= 0.6 is 0 Å². The fraction of sp³-hybridized carbons (Fsp3) is 0.375. The molecule has 0 N–H and O–H groups in total. The van der Waals surface area contributed by atoms with E-state index in [1.54, 1.807) is 6.92 Å². The molecule has 0 aromatic rings. The fourth-order valence-corrected chi connectivity index (χ4v) is 0.457. The predicted molar refractivity (Wildman–Crippen MR) is 40.0 cm³/mol. The summed E-state index contributed by atoms with van der Waals surface area (Å²) in [4.78, 5) is 20.6. The molecule has 0 aliphatic rings. The van der Waals surface area contributed by atoms with Crippen LogP contribution in [-0.2, 0) is 14.3 Å². The molecule has 0 saturated carbocycles. The van der Waals surface area contributed by atoms with Gasteiger partial charge in [0, 0.05) is 6.08 Å². The summed E-state index contributed by atoms with van der Waals surface area (Å²) in [6.07, 6.45) is 1.69. The monoisotopic (exact) mass is 154 g/mol. The van der Waals surface area contributed by atoms with Crippen LogP contribution in [0.1, 0.15) is 13.8 Å². The Balaban J connectivity index is 4.22. The van der Waals surface area contributed by atoms with E-state index in [2.05, 4.69) is 10.5 Å². The van der Waals surface area contributed by atoms with Crippen LogP contribution in [0.2, 0.25) is 0 Å². The summed E-state index contributed by atoms with van der Waals surface area (Å²) in [5, 5.41) is 0. The Bertz CT molecular complexity index is 209. The fourth-order valence-electron chi connectivity index (χ4n) is 0.457. The van der Waals surface area contributed by atoms with Crippen molar-refractivity contribution >= 4 is 12.3 Å². The van der Waals surface area contributed by atoms with Gasteiger partial charge < -0.3 is 4.74 Å². The van der Waals surface area contributed by atoms with Gasteiger partial charge in [0.15, 0.2) is 6.29 Å². The number of esters is 1. The second-order valence-corrected chi connectivity index (χ2v) is 1.79. The highest BCUT2D eigenvalue weighted by atomic mass is 16.5. The maximum absolute atomic E-state index is 10.8. The van der Waals surface area contributed by atoms with E-state index in [9.17, 15) is 9.59 Å². The molecule has 0 spiro atoms. The van der Waals surface area contributed by atoms with Gasteiger partial charge in [0.2, 0.25) is 0 Å². The average molecular weight is 154 g/mol. The second-order valence-electron chi connectivity index (χ2n) is 1.79. The maximum atomic E-state index is 10.8. The Morgan fingerprint density at radius 2 is 2.27 bits per heavy atom. The second kappa shape index (κ2) is 5.45. The van der Waals surface area contributed by atoms with Crippen LogP contribution in [0.15, 0.2) is 17.4 Å². The highest BCUT2D eigenvalue weighted by Crippen LogP contribution is 1.92. The number of hydrogen-bond acceptors (Lipinski definition) is 3. The van der Waals surface area contributed by atoms with Crippen LogP contribution in [0.25, 0.3) is 0 Å². The lowest BCUT2D eigenvalue weighted by molar-refractivity contribution is -0.138. The van der Waals surface area contributed by atoms with Gasteiger partial charge >= 0.3 is 5.97 Å². The van der Waals surface area contributed by atoms with Gasteiger partial charge in [0.25, 0.3) is 0 Å². The van der Waals surface area contributed by atoms with Crippen LogP contribution in [0.4, 0.5) is 0 Å². The number of carbonyl (C=O) groups is 2. The summed E-state index contributed by atoms with van der Waals surface area (Å²) < 4.78 is 4.63. The SMILES string of the molecule is CCOC(=O)C(C)=C=CC=O. The Kier molecular flexibility index (Phi) is 4.78. The standard InChI is InChI=1S/C8H10O3/c1-3-11-8(10)7(2)5-4-6-9/h4,6H,3H2,1-2H3. The van der Waals surface area contributed by atoms with Crippen molar-refractivity contribution in [3.05, 3.63) is 17.4 Å². The zero-order chi connectivity index (χ0) is 8.69.